The molecule has 0 bridgehead atoms. The molecule has 16 nitrogen and oxygen atoms in total. The van der Waals surface area contributed by atoms with E-state index >= 15 is 0 Å². The number of carbonyl (C=O) groups is 1. The van der Waals surface area contributed by atoms with Gasteiger partial charge >= 0.3 is 5.97 Å². The summed E-state index contributed by atoms with van der Waals surface area (Å²) in [6.45, 7) is 17.8. The molecule has 2 unspecified atom stereocenters. The lowest BCUT2D eigenvalue weighted by molar-refractivity contribution is -0.369. The minimum absolute atomic E-state index is 0.0139. The van der Waals surface area contributed by atoms with Gasteiger partial charge in [0.25, 0.3) is 0 Å². The topological polar surface area (TPSA) is 200 Å². The molecule has 358 valence electrons. The fourth-order valence-electron chi connectivity index (χ4n) is 12.7. The van der Waals surface area contributed by atoms with E-state index < -0.39 is 77.8 Å². The first kappa shape index (κ1) is 48.8. The lowest BCUT2D eigenvalue weighted by atomic mass is 9.75. The second-order valence-electron chi connectivity index (χ2n) is 20.7. The highest BCUT2D eigenvalue weighted by Crippen LogP contribution is 2.56. The molecule has 4 N–H and O–H groups in total. The summed E-state index contributed by atoms with van der Waals surface area (Å²) in [4.78, 5) is 12.0. The Hall–Kier alpha value is -1.09. The molecule has 7 aliphatic rings. The summed E-state index contributed by atoms with van der Waals surface area (Å²) in [5.74, 6) is -7.53. The van der Waals surface area contributed by atoms with Gasteiger partial charge in [-0.1, -0.05) is 41.5 Å². The second-order valence-corrected chi connectivity index (χ2v) is 20.7. The Bertz CT molecular complexity index is 1530. The quantitative estimate of drug-likeness (QED) is 0.213. The normalized spacial score (nSPS) is 54.2. The fourth-order valence-corrected chi connectivity index (χ4v) is 12.7. The zero-order chi connectivity index (χ0) is 45.3. The number of aliphatic hydroxyl groups excluding tert-OH is 1. The van der Waals surface area contributed by atoms with Gasteiger partial charge in [0.15, 0.2) is 17.9 Å². The lowest BCUT2D eigenvalue weighted by Gasteiger charge is -2.53. The molecule has 62 heavy (non-hydrogen) atoms. The van der Waals surface area contributed by atoms with Crippen molar-refractivity contribution < 1.29 is 77.3 Å². The molecule has 7 aliphatic heterocycles. The van der Waals surface area contributed by atoms with Gasteiger partial charge in [0.1, 0.15) is 6.10 Å². The van der Waals surface area contributed by atoms with Crippen LogP contribution in [0.4, 0.5) is 0 Å². The summed E-state index contributed by atoms with van der Waals surface area (Å²) in [6.07, 6.45) is -0.906. The number of aliphatic carboxylic acids is 1. The van der Waals surface area contributed by atoms with Gasteiger partial charge in [0.2, 0.25) is 11.9 Å². The number of carboxylic acids is 1. The van der Waals surface area contributed by atoms with Gasteiger partial charge in [-0.3, -0.25) is 0 Å². The second kappa shape index (κ2) is 18.5. The van der Waals surface area contributed by atoms with Gasteiger partial charge in [-0.05, 0) is 58.8 Å². The molecule has 0 aromatic heterocycles. The number of hydrogen-bond acceptors (Lipinski definition) is 15. The maximum absolute atomic E-state index is 12.0. The molecule has 0 saturated carbocycles. The molecule has 7 rings (SSSR count). The Morgan fingerprint density at radius 3 is 2.08 bits per heavy atom. The van der Waals surface area contributed by atoms with E-state index in [9.17, 15) is 25.2 Å². The molecular weight excluding hydrogens is 808 g/mol. The van der Waals surface area contributed by atoms with Crippen molar-refractivity contribution in [1.82, 2.24) is 0 Å². The number of methoxy groups -OCH3 is 3. The lowest BCUT2D eigenvalue weighted by Crippen LogP contribution is -2.65. The Morgan fingerprint density at radius 1 is 0.742 bits per heavy atom. The average molecular weight is 887 g/mol. The summed E-state index contributed by atoms with van der Waals surface area (Å²) < 4.78 is 71.9. The van der Waals surface area contributed by atoms with Gasteiger partial charge in [-0.25, -0.2) is 4.79 Å². The standard InChI is InChI=1S/C46H78O16/c1-22-17-23(2)44(9,50)61-38(22)32-14-13-31(56-32)35-20-36(57-37-16-15-30(52-10)28(7)55-37)41(58-35)43(8)21-24(3)46(62-43)26(5)34(53-11)19-29(59-46)18-33-25(4)39(54-12)27(6)45(51,60-33)40(47)42(48)49/h22-41,47,50-51H,13-21H2,1-12H3,(H,48,49)/t22-,23+,24+,25+,26+,27-,28?,29+,30-,31+,32+,33-,34+,35-,36+,37?,38-,39+,40-,41+,43-,44-,45-,46+/m0/s1. The van der Waals surface area contributed by atoms with Crippen molar-refractivity contribution in [3.05, 3.63) is 0 Å². The van der Waals surface area contributed by atoms with Crippen LogP contribution in [0.15, 0.2) is 0 Å². The van der Waals surface area contributed by atoms with Gasteiger partial charge in [-0.2, -0.15) is 0 Å². The van der Waals surface area contributed by atoms with Crippen molar-refractivity contribution in [2.75, 3.05) is 21.3 Å². The number of carboxylic acid groups (broad SMARTS) is 1. The summed E-state index contributed by atoms with van der Waals surface area (Å²) in [7, 11) is 4.90. The van der Waals surface area contributed by atoms with E-state index in [0.717, 1.165) is 25.7 Å². The summed E-state index contributed by atoms with van der Waals surface area (Å²) in [5, 5.41) is 43.1. The van der Waals surface area contributed by atoms with Crippen LogP contribution in [0.3, 0.4) is 0 Å². The molecule has 0 amide bonds. The number of aliphatic hydroxyl groups is 3. The predicted molar refractivity (Wildman–Crippen MR) is 222 cm³/mol. The van der Waals surface area contributed by atoms with Crippen molar-refractivity contribution in [3.63, 3.8) is 0 Å². The molecule has 0 aromatic carbocycles. The van der Waals surface area contributed by atoms with Crippen molar-refractivity contribution in [2.45, 2.75) is 229 Å². The minimum Gasteiger partial charge on any atom is -0.479 e. The molecule has 1 spiro atoms. The highest BCUT2D eigenvalue weighted by atomic mass is 16.7. The summed E-state index contributed by atoms with van der Waals surface area (Å²) in [6, 6.07) is 0. The average Bonchev–Trinajstić information content (AvgIpc) is 3.94. The highest BCUT2D eigenvalue weighted by Gasteiger charge is 2.66. The molecule has 7 heterocycles. The molecule has 16 heteroatoms. The van der Waals surface area contributed by atoms with Crippen LogP contribution >= 0.6 is 0 Å². The van der Waals surface area contributed by atoms with Crippen molar-refractivity contribution >= 4 is 5.97 Å². The monoisotopic (exact) mass is 887 g/mol. The third kappa shape index (κ3) is 8.91. The Kier molecular flexibility index (Phi) is 14.6. The van der Waals surface area contributed by atoms with E-state index in [-0.39, 0.29) is 78.7 Å². The first-order valence-corrected chi connectivity index (χ1v) is 23.4. The first-order chi connectivity index (χ1) is 29.1. The van der Waals surface area contributed by atoms with Crippen LogP contribution in [0.2, 0.25) is 0 Å². The predicted octanol–water partition coefficient (Wildman–Crippen LogP) is 4.55. The maximum atomic E-state index is 12.0. The minimum atomic E-state index is -2.39. The third-order valence-electron chi connectivity index (χ3n) is 16.5. The fraction of sp³-hybridized carbons (Fsp3) is 0.978. The molecule has 24 atom stereocenters. The maximum Gasteiger partial charge on any atom is 0.338 e. The van der Waals surface area contributed by atoms with Crippen LogP contribution in [-0.4, -0.2) is 156 Å². The van der Waals surface area contributed by atoms with E-state index in [0.29, 0.717) is 25.7 Å². The van der Waals surface area contributed by atoms with Crippen LogP contribution in [0, 0.1) is 35.5 Å². The van der Waals surface area contributed by atoms with Gasteiger partial charge in [-0.15, -0.1) is 0 Å². The molecular formula is C46H78O16. The van der Waals surface area contributed by atoms with Crippen molar-refractivity contribution in [3.8, 4) is 0 Å². The van der Waals surface area contributed by atoms with Gasteiger partial charge in [0.05, 0.1) is 72.7 Å². The Labute approximate surface area is 368 Å². The van der Waals surface area contributed by atoms with Gasteiger partial charge < -0.3 is 72.5 Å². The Morgan fingerprint density at radius 2 is 1.44 bits per heavy atom. The Balaban J connectivity index is 1.12. The number of hydrogen-bond donors (Lipinski definition) is 4. The molecule has 0 aromatic rings. The molecule has 0 radical (unpaired) electrons. The van der Waals surface area contributed by atoms with Gasteiger partial charge in [0, 0.05) is 76.6 Å². The highest BCUT2D eigenvalue weighted by molar-refractivity contribution is 5.73. The van der Waals surface area contributed by atoms with E-state index in [1.54, 1.807) is 28.1 Å². The van der Waals surface area contributed by atoms with E-state index in [1.807, 2.05) is 20.8 Å². The van der Waals surface area contributed by atoms with Crippen molar-refractivity contribution in [1.29, 1.82) is 0 Å². The largest absolute Gasteiger partial charge is 0.479 e. The van der Waals surface area contributed by atoms with Crippen LogP contribution in [0.25, 0.3) is 0 Å². The summed E-state index contributed by atoms with van der Waals surface area (Å²) >= 11 is 0. The van der Waals surface area contributed by atoms with E-state index in [1.165, 1.54) is 7.11 Å². The van der Waals surface area contributed by atoms with Crippen LogP contribution in [0.5, 0.6) is 0 Å². The van der Waals surface area contributed by atoms with Crippen LogP contribution in [0.1, 0.15) is 120 Å². The SMILES string of the molecule is CO[C@@H]1[C@H](C)[C@H](C[C@@H]2C[C@@H](OC)[C@@H](C)[C@]3(O2)O[C@](C)([C@@H]2O[C@H]([C@H]4CC[C@H]([C@H]5O[C@](C)(O)[C@H](C)C[C@@H]5C)O4)C[C@H]2OC2CC[C@H](OC)C(C)O2)C[C@H]3C)O[C@](O)([C@@H](O)C(=O)O)[C@H]1C. The number of rotatable bonds is 12. The zero-order valence-electron chi connectivity index (χ0n) is 39.1. The number of ether oxygens (including phenoxy) is 11. The van der Waals surface area contributed by atoms with Crippen LogP contribution in [-0.2, 0) is 56.9 Å². The van der Waals surface area contributed by atoms with Crippen molar-refractivity contribution in [2.24, 2.45) is 35.5 Å². The molecule has 0 aliphatic carbocycles. The van der Waals surface area contributed by atoms with Crippen LogP contribution < -0.4 is 0 Å². The third-order valence-corrected chi connectivity index (χ3v) is 16.5. The smallest absolute Gasteiger partial charge is 0.338 e. The van der Waals surface area contributed by atoms with E-state index in [2.05, 4.69) is 27.7 Å². The first-order valence-electron chi connectivity index (χ1n) is 23.4. The molecule has 7 saturated heterocycles. The summed E-state index contributed by atoms with van der Waals surface area (Å²) in [5.41, 5.74) is -0.881. The molecule has 7 fully saturated rings. The zero-order valence-corrected chi connectivity index (χ0v) is 39.1. The van der Waals surface area contributed by atoms with E-state index in [4.69, 9.17) is 52.1 Å².